The Balaban J connectivity index is 2.20. The maximum Gasteiger partial charge on any atom is 0.221 e. The van der Waals surface area contributed by atoms with Gasteiger partial charge in [0.15, 0.2) is 0 Å². The van der Waals surface area contributed by atoms with Gasteiger partial charge in [-0.15, -0.1) is 0 Å². The van der Waals surface area contributed by atoms with E-state index in [-0.39, 0.29) is 0 Å². The third-order valence-corrected chi connectivity index (χ3v) is 6.41. The molecule has 0 atom stereocenters. The lowest BCUT2D eigenvalue weighted by atomic mass is 10.0. The molecule has 2 rings (SSSR count). The Bertz CT molecular complexity index is 558. The van der Waals surface area contributed by atoms with Gasteiger partial charge in [0.05, 0.1) is 0 Å². The molecule has 0 aliphatic carbocycles. The molecule has 0 spiro atoms. The van der Waals surface area contributed by atoms with Crippen molar-refractivity contribution in [3.63, 3.8) is 0 Å². The lowest BCUT2D eigenvalue weighted by Crippen LogP contribution is -2.40. The monoisotopic (exact) mass is 310 g/mol. The number of nitrogens with zero attached hydrogens (tertiary/aromatic N) is 1. The van der Waals surface area contributed by atoms with Crippen molar-refractivity contribution >= 4 is 15.7 Å². The highest BCUT2D eigenvalue weighted by Gasteiger charge is 2.35. The molecule has 0 amide bonds. The summed E-state index contributed by atoms with van der Waals surface area (Å²) in [7, 11) is -3.37. The molecule has 21 heavy (non-hydrogen) atoms. The van der Waals surface area contributed by atoms with Crippen LogP contribution in [0.1, 0.15) is 45.6 Å². The predicted molar refractivity (Wildman–Crippen MR) is 88.1 cm³/mol. The second-order valence-electron chi connectivity index (χ2n) is 6.15. The number of sulfonamides is 1. The number of rotatable bonds is 6. The first kappa shape index (κ1) is 16.3. The number of anilines is 1. The number of hydrogen-bond acceptors (Lipinski definition) is 3. The lowest BCUT2D eigenvalue weighted by Gasteiger charge is -2.26. The molecule has 1 aromatic rings. The van der Waals surface area contributed by atoms with Crippen molar-refractivity contribution in [1.29, 1.82) is 0 Å². The molecule has 1 aliphatic rings. The Kier molecular flexibility index (Phi) is 4.94. The summed E-state index contributed by atoms with van der Waals surface area (Å²) in [5, 5.41) is 0. The average molecular weight is 310 g/mol. The second-order valence-corrected chi connectivity index (χ2v) is 8.47. The fourth-order valence-corrected chi connectivity index (χ4v) is 3.90. The summed E-state index contributed by atoms with van der Waals surface area (Å²) in [4.78, 5) is 2.35. The molecule has 1 saturated heterocycles. The maximum atomic E-state index is 12.4. The third kappa shape index (κ3) is 3.40. The SMILES string of the molecule is CCCNS(=O)(=O)C(C)(C)c1ccc(N2CCCC2)cc1. The fraction of sp³-hybridized carbons (Fsp3) is 0.625. The molecule has 1 aromatic carbocycles. The first-order valence-corrected chi connectivity index (χ1v) is 9.21. The van der Waals surface area contributed by atoms with Crippen LogP contribution in [0.3, 0.4) is 0 Å². The zero-order valence-corrected chi connectivity index (χ0v) is 14.0. The first-order valence-electron chi connectivity index (χ1n) is 7.73. The topological polar surface area (TPSA) is 49.4 Å². The second kappa shape index (κ2) is 6.36. The van der Waals surface area contributed by atoms with E-state index < -0.39 is 14.8 Å². The minimum atomic E-state index is -3.37. The largest absolute Gasteiger partial charge is 0.372 e. The molecule has 0 bridgehead atoms. The first-order chi connectivity index (χ1) is 9.88. The van der Waals surface area contributed by atoms with Gasteiger partial charge in [0.25, 0.3) is 0 Å². The van der Waals surface area contributed by atoms with Crippen LogP contribution in [-0.4, -0.2) is 28.1 Å². The van der Waals surface area contributed by atoms with Gasteiger partial charge in [-0.1, -0.05) is 19.1 Å². The van der Waals surface area contributed by atoms with E-state index >= 15 is 0 Å². The van der Waals surface area contributed by atoms with Gasteiger partial charge < -0.3 is 4.90 Å². The average Bonchev–Trinajstić information content (AvgIpc) is 2.99. The van der Waals surface area contributed by atoms with Crippen LogP contribution in [0.15, 0.2) is 24.3 Å². The van der Waals surface area contributed by atoms with E-state index in [0.29, 0.717) is 6.54 Å². The summed E-state index contributed by atoms with van der Waals surface area (Å²) in [6.45, 7) is 8.15. The van der Waals surface area contributed by atoms with Crippen LogP contribution in [0.2, 0.25) is 0 Å². The third-order valence-electron chi connectivity index (χ3n) is 4.25. The van der Waals surface area contributed by atoms with E-state index in [0.717, 1.165) is 25.1 Å². The lowest BCUT2D eigenvalue weighted by molar-refractivity contribution is 0.539. The van der Waals surface area contributed by atoms with E-state index in [1.807, 2.05) is 31.2 Å². The predicted octanol–water partition coefficient (Wildman–Crippen LogP) is 2.85. The number of hydrogen-bond donors (Lipinski definition) is 1. The molecule has 0 radical (unpaired) electrons. The summed E-state index contributed by atoms with van der Waals surface area (Å²) < 4.78 is 26.6. The Morgan fingerprint density at radius 3 is 2.24 bits per heavy atom. The summed E-state index contributed by atoms with van der Waals surface area (Å²) in [5.41, 5.74) is 2.01. The van der Waals surface area contributed by atoms with Crippen molar-refractivity contribution in [3.8, 4) is 0 Å². The van der Waals surface area contributed by atoms with Crippen molar-refractivity contribution in [2.75, 3.05) is 24.5 Å². The minimum absolute atomic E-state index is 0.484. The van der Waals surface area contributed by atoms with Gasteiger partial charge in [0.2, 0.25) is 10.0 Å². The number of nitrogens with one attached hydrogen (secondary N) is 1. The van der Waals surface area contributed by atoms with Crippen LogP contribution in [0.25, 0.3) is 0 Å². The van der Waals surface area contributed by atoms with Gasteiger partial charge in [0, 0.05) is 25.3 Å². The van der Waals surface area contributed by atoms with Gasteiger partial charge in [-0.2, -0.15) is 0 Å². The van der Waals surface area contributed by atoms with Crippen LogP contribution in [-0.2, 0) is 14.8 Å². The quantitative estimate of drug-likeness (QED) is 0.879. The van der Waals surface area contributed by atoms with Crippen LogP contribution >= 0.6 is 0 Å². The van der Waals surface area contributed by atoms with Gasteiger partial charge in [-0.3, -0.25) is 0 Å². The molecule has 0 aromatic heterocycles. The molecular weight excluding hydrogens is 284 g/mol. The van der Waals surface area contributed by atoms with Crippen LogP contribution in [0, 0.1) is 0 Å². The zero-order valence-electron chi connectivity index (χ0n) is 13.2. The Labute approximate surface area is 128 Å². The molecule has 0 saturated carbocycles. The summed E-state index contributed by atoms with van der Waals surface area (Å²) >= 11 is 0. The van der Waals surface area contributed by atoms with E-state index in [1.54, 1.807) is 13.8 Å². The van der Waals surface area contributed by atoms with E-state index in [1.165, 1.54) is 18.5 Å². The van der Waals surface area contributed by atoms with Crippen LogP contribution in [0.4, 0.5) is 5.69 Å². The highest BCUT2D eigenvalue weighted by atomic mass is 32.2. The highest BCUT2D eigenvalue weighted by Crippen LogP contribution is 2.31. The van der Waals surface area contributed by atoms with Crippen molar-refractivity contribution in [2.45, 2.75) is 44.8 Å². The molecular formula is C16H26N2O2S. The Morgan fingerprint density at radius 2 is 1.71 bits per heavy atom. The number of benzene rings is 1. The zero-order chi connectivity index (χ0) is 15.5. The van der Waals surface area contributed by atoms with Crippen LogP contribution < -0.4 is 9.62 Å². The standard InChI is InChI=1S/C16H26N2O2S/c1-4-11-17-21(19,20)16(2,3)14-7-9-15(10-8-14)18-12-5-6-13-18/h7-10,17H,4-6,11-13H2,1-3H3. The summed E-state index contributed by atoms with van der Waals surface area (Å²) in [6.07, 6.45) is 3.27. The van der Waals surface area contributed by atoms with Crippen molar-refractivity contribution < 1.29 is 8.42 Å². The molecule has 5 heteroatoms. The normalized spacial score (nSPS) is 16.4. The molecule has 1 aliphatic heterocycles. The maximum absolute atomic E-state index is 12.4. The molecule has 118 valence electrons. The molecule has 0 unspecified atom stereocenters. The van der Waals surface area contributed by atoms with Gasteiger partial charge in [-0.25, -0.2) is 13.1 Å². The molecule has 4 nitrogen and oxygen atoms in total. The molecule has 1 N–H and O–H groups in total. The smallest absolute Gasteiger partial charge is 0.221 e. The van der Waals surface area contributed by atoms with Crippen molar-refractivity contribution in [1.82, 2.24) is 4.72 Å². The van der Waals surface area contributed by atoms with Gasteiger partial charge in [0.1, 0.15) is 4.75 Å². The fourth-order valence-electron chi connectivity index (χ4n) is 2.62. The molecule has 1 heterocycles. The van der Waals surface area contributed by atoms with Crippen LogP contribution in [0.5, 0.6) is 0 Å². The van der Waals surface area contributed by atoms with E-state index in [2.05, 4.69) is 9.62 Å². The van der Waals surface area contributed by atoms with E-state index in [4.69, 9.17) is 0 Å². The summed E-state index contributed by atoms with van der Waals surface area (Å²) in [6, 6.07) is 7.97. The van der Waals surface area contributed by atoms with Crippen molar-refractivity contribution in [3.05, 3.63) is 29.8 Å². The minimum Gasteiger partial charge on any atom is -0.372 e. The van der Waals surface area contributed by atoms with E-state index in [9.17, 15) is 8.42 Å². The summed E-state index contributed by atoms with van der Waals surface area (Å²) in [5.74, 6) is 0. The van der Waals surface area contributed by atoms with Gasteiger partial charge >= 0.3 is 0 Å². The Hall–Kier alpha value is -1.07. The molecule has 1 fully saturated rings. The van der Waals surface area contributed by atoms with Crippen molar-refractivity contribution in [2.24, 2.45) is 0 Å². The Morgan fingerprint density at radius 1 is 1.14 bits per heavy atom. The highest BCUT2D eigenvalue weighted by molar-refractivity contribution is 7.90. The van der Waals surface area contributed by atoms with Gasteiger partial charge in [-0.05, 0) is 50.8 Å².